The molecule has 0 aromatic heterocycles. The normalized spacial score (nSPS) is 18.6. The molecule has 3 rings (SSSR count). The number of methoxy groups -OCH3 is 1. The fraction of sp³-hybridized carbons (Fsp3) is 0.273. The summed E-state index contributed by atoms with van der Waals surface area (Å²) in [6.07, 6.45) is 0.656. The van der Waals surface area contributed by atoms with E-state index in [4.69, 9.17) is 4.74 Å². The summed E-state index contributed by atoms with van der Waals surface area (Å²) in [5.41, 5.74) is 1.29. The van der Waals surface area contributed by atoms with Crippen LogP contribution in [0.15, 0.2) is 48.0 Å². The van der Waals surface area contributed by atoms with E-state index in [-0.39, 0.29) is 11.3 Å². The maximum atomic E-state index is 13.6. The Kier molecular flexibility index (Phi) is 5.49. The van der Waals surface area contributed by atoms with Crippen LogP contribution in [0.1, 0.15) is 36.1 Å². The molecule has 1 unspecified atom stereocenters. The summed E-state index contributed by atoms with van der Waals surface area (Å²) < 4.78 is 18.9. The van der Waals surface area contributed by atoms with Gasteiger partial charge < -0.3 is 14.7 Å². The maximum absolute atomic E-state index is 13.6. The van der Waals surface area contributed by atoms with Gasteiger partial charge in [0.05, 0.1) is 18.7 Å². The van der Waals surface area contributed by atoms with Crippen molar-refractivity contribution in [1.82, 2.24) is 4.90 Å². The molecule has 1 fully saturated rings. The first-order valence-corrected chi connectivity index (χ1v) is 9.08. The van der Waals surface area contributed by atoms with Gasteiger partial charge in [-0.3, -0.25) is 9.59 Å². The molecule has 0 spiro atoms. The lowest BCUT2D eigenvalue weighted by atomic mass is 9.94. The average molecular weight is 383 g/mol. The summed E-state index contributed by atoms with van der Waals surface area (Å²) >= 11 is 0. The highest BCUT2D eigenvalue weighted by Gasteiger charge is 2.45. The number of Topliss-reactive ketones (excluding diaryl/α,β-unsaturated/α-hetero) is 1. The number of ether oxygens (including phenoxy) is 1. The van der Waals surface area contributed by atoms with Gasteiger partial charge in [0, 0.05) is 12.1 Å². The van der Waals surface area contributed by atoms with E-state index in [1.165, 1.54) is 30.2 Å². The Morgan fingerprint density at radius 2 is 1.96 bits per heavy atom. The van der Waals surface area contributed by atoms with Crippen molar-refractivity contribution < 1.29 is 23.8 Å². The smallest absolute Gasteiger partial charge is 0.295 e. The van der Waals surface area contributed by atoms with Gasteiger partial charge in [-0.2, -0.15) is 0 Å². The lowest BCUT2D eigenvalue weighted by molar-refractivity contribution is -0.139. The number of hydrogen-bond donors (Lipinski definition) is 1. The van der Waals surface area contributed by atoms with E-state index in [0.717, 1.165) is 0 Å². The SMILES string of the molecule is CCCN1C(=O)C(=O)/C(=C(\O)c2ccc(F)c(C)c2)C1c1cccc(OC)c1. The van der Waals surface area contributed by atoms with E-state index in [9.17, 15) is 19.1 Å². The molecule has 0 radical (unpaired) electrons. The summed E-state index contributed by atoms with van der Waals surface area (Å²) in [5, 5.41) is 10.9. The molecule has 2 aromatic rings. The van der Waals surface area contributed by atoms with Crippen LogP contribution >= 0.6 is 0 Å². The Labute approximate surface area is 163 Å². The van der Waals surface area contributed by atoms with Crippen molar-refractivity contribution in [2.24, 2.45) is 0 Å². The van der Waals surface area contributed by atoms with Crippen LogP contribution in [-0.4, -0.2) is 35.4 Å². The number of halogens is 1. The van der Waals surface area contributed by atoms with Crippen LogP contribution in [0.2, 0.25) is 0 Å². The Morgan fingerprint density at radius 1 is 1.21 bits per heavy atom. The first-order chi connectivity index (χ1) is 13.4. The maximum Gasteiger partial charge on any atom is 0.295 e. The molecule has 1 aliphatic rings. The summed E-state index contributed by atoms with van der Waals surface area (Å²) in [7, 11) is 1.53. The minimum atomic E-state index is -0.749. The molecule has 28 heavy (non-hydrogen) atoms. The van der Waals surface area contributed by atoms with Crippen molar-refractivity contribution in [2.75, 3.05) is 13.7 Å². The zero-order valence-corrected chi connectivity index (χ0v) is 16.0. The number of amides is 1. The quantitative estimate of drug-likeness (QED) is 0.482. The number of hydrogen-bond acceptors (Lipinski definition) is 4. The molecule has 0 bridgehead atoms. The predicted molar refractivity (Wildman–Crippen MR) is 103 cm³/mol. The zero-order chi connectivity index (χ0) is 20.4. The fourth-order valence-corrected chi connectivity index (χ4v) is 3.46. The third-order valence-electron chi connectivity index (χ3n) is 4.85. The predicted octanol–water partition coefficient (Wildman–Crippen LogP) is 3.97. The van der Waals surface area contributed by atoms with E-state index < -0.39 is 23.5 Å². The molecule has 2 aromatic carbocycles. The molecule has 0 aliphatic carbocycles. The number of carbonyl (C=O) groups is 2. The van der Waals surface area contributed by atoms with Crippen molar-refractivity contribution in [3.05, 3.63) is 70.5 Å². The van der Waals surface area contributed by atoms with Gasteiger partial charge in [-0.05, 0) is 54.8 Å². The second kappa shape index (κ2) is 7.84. The number of likely N-dealkylation sites (tertiary alicyclic amines) is 1. The fourth-order valence-electron chi connectivity index (χ4n) is 3.46. The molecule has 1 atom stereocenters. The molecule has 0 saturated carbocycles. The molecule has 5 nitrogen and oxygen atoms in total. The van der Waals surface area contributed by atoms with Gasteiger partial charge >= 0.3 is 0 Å². The molecule has 1 heterocycles. The first-order valence-electron chi connectivity index (χ1n) is 9.08. The van der Waals surface area contributed by atoms with Crippen LogP contribution in [0.5, 0.6) is 5.75 Å². The van der Waals surface area contributed by atoms with Crippen molar-refractivity contribution in [3.63, 3.8) is 0 Å². The molecule has 1 N–H and O–H groups in total. The number of benzene rings is 2. The Balaban J connectivity index is 2.21. The van der Waals surface area contributed by atoms with Gasteiger partial charge in [0.2, 0.25) is 0 Å². The van der Waals surface area contributed by atoms with Crippen LogP contribution in [0.25, 0.3) is 5.76 Å². The Hall–Kier alpha value is -3.15. The van der Waals surface area contributed by atoms with E-state index in [1.807, 2.05) is 6.92 Å². The molecule has 1 amide bonds. The largest absolute Gasteiger partial charge is 0.507 e. The minimum absolute atomic E-state index is 0.00212. The Bertz CT molecular complexity index is 967. The van der Waals surface area contributed by atoms with E-state index in [1.54, 1.807) is 31.2 Å². The van der Waals surface area contributed by atoms with Crippen LogP contribution < -0.4 is 4.74 Å². The minimum Gasteiger partial charge on any atom is -0.507 e. The summed E-state index contributed by atoms with van der Waals surface area (Å²) in [6.45, 7) is 3.85. The highest BCUT2D eigenvalue weighted by molar-refractivity contribution is 6.46. The van der Waals surface area contributed by atoms with Gasteiger partial charge in [-0.1, -0.05) is 19.1 Å². The van der Waals surface area contributed by atoms with Gasteiger partial charge in [-0.25, -0.2) is 4.39 Å². The molecule has 6 heteroatoms. The van der Waals surface area contributed by atoms with Gasteiger partial charge in [0.25, 0.3) is 11.7 Å². The first kappa shape index (κ1) is 19.6. The van der Waals surface area contributed by atoms with Gasteiger partial charge in [-0.15, -0.1) is 0 Å². The van der Waals surface area contributed by atoms with Crippen LogP contribution in [0, 0.1) is 12.7 Å². The summed E-state index contributed by atoms with van der Waals surface area (Å²) in [5.74, 6) is -1.55. The molecule has 146 valence electrons. The summed E-state index contributed by atoms with van der Waals surface area (Å²) in [6, 6.07) is 10.4. The van der Waals surface area contributed by atoms with Crippen molar-refractivity contribution in [3.8, 4) is 5.75 Å². The molecular formula is C22H22FNO4. The van der Waals surface area contributed by atoms with E-state index in [2.05, 4.69) is 0 Å². The van der Waals surface area contributed by atoms with E-state index in [0.29, 0.717) is 35.4 Å². The number of nitrogens with zero attached hydrogens (tertiary/aromatic N) is 1. The highest BCUT2D eigenvalue weighted by Crippen LogP contribution is 2.40. The monoisotopic (exact) mass is 383 g/mol. The van der Waals surface area contributed by atoms with Gasteiger partial charge in [0.15, 0.2) is 0 Å². The standard InChI is InChI=1S/C22H22FNO4/c1-4-10-24-19(14-6-5-7-16(12-14)28-3)18(21(26)22(24)27)20(25)15-8-9-17(23)13(2)11-15/h5-9,11-12,19,25H,4,10H2,1-3H3/b20-18-. The second-order valence-electron chi connectivity index (χ2n) is 6.73. The third-order valence-corrected chi connectivity index (χ3v) is 4.85. The number of aliphatic hydroxyl groups excluding tert-OH is 1. The zero-order valence-electron chi connectivity index (χ0n) is 16.0. The number of rotatable bonds is 5. The van der Waals surface area contributed by atoms with Crippen molar-refractivity contribution in [2.45, 2.75) is 26.3 Å². The number of carbonyl (C=O) groups excluding carboxylic acids is 2. The van der Waals surface area contributed by atoms with Crippen molar-refractivity contribution >= 4 is 17.4 Å². The van der Waals surface area contributed by atoms with Crippen LogP contribution in [0.3, 0.4) is 0 Å². The van der Waals surface area contributed by atoms with Crippen molar-refractivity contribution in [1.29, 1.82) is 0 Å². The molecule has 1 aliphatic heterocycles. The molecule has 1 saturated heterocycles. The number of aryl methyl sites for hydroxylation is 1. The molecular weight excluding hydrogens is 361 g/mol. The van der Waals surface area contributed by atoms with Crippen LogP contribution in [-0.2, 0) is 9.59 Å². The number of ketones is 1. The third kappa shape index (κ3) is 3.38. The number of aliphatic hydroxyl groups is 1. The Morgan fingerprint density at radius 3 is 2.61 bits per heavy atom. The van der Waals surface area contributed by atoms with E-state index >= 15 is 0 Å². The lowest BCUT2D eigenvalue weighted by Gasteiger charge is -2.25. The highest BCUT2D eigenvalue weighted by atomic mass is 19.1. The van der Waals surface area contributed by atoms with Gasteiger partial charge in [0.1, 0.15) is 17.3 Å². The lowest BCUT2D eigenvalue weighted by Crippen LogP contribution is -2.30. The average Bonchev–Trinajstić information content (AvgIpc) is 2.95. The topological polar surface area (TPSA) is 66.8 Å². The summed E-state index contributed by atoms with van der Waals surface area (Å²) in [4.78, 5) is 26.9. The second-order valence-corrected chi connectivity index (χ2v) is 6.73. The van der Waals surface area contributed by atoms with Crippen LogP contribution in [0.4, 0.5) is 4.39 Å².